The summed E-state index contributed by atoms with van der Waals surface area (Å²) in [6.45, 7) is 10.5. The SMILES string of the molecule is CCC1(C)CN(CCCn2ccnc2)CCCN1. The zero-order valence-electron chi connectivity index (χ0n) is 11.7. The average molecular weight is 250 g/mol. The summed E-state index contributed by atoms with van der Waals surface area (Å²) in [4.78, 5) is 6.69. The van der Waals surface area contributed by atoms with Gasteiger partial charge in [-0.2, -0.15) is 0 Å². The number of nitrogens with zero attached hydrogens (tertiary/aromatic N) is 3. The van der Waals surface area contributed by atoms with Crippen molar-refractivity contribution in [2.45, 2.75) is 45.2 Å². The molecule has 0 aliphatic carbocycles. The van der Waals surface area contributed by atoms with Gasteiger partial charge in [0.15, 0.2) is 0 Å². The summed E-state index contributed by atoms with van der Waals surface area (Å²) in [6, 6.07) is 0. The first-order valence-electron chi connectivity index (χ1n) is 7.15. The number of aryl methyl sites for hydroxylation is 1. The van der Waals surface area contributed by atoms with Crippen molar-refractivity contribution in [3.05, 3.63) is 18.7 Å². The standard InChI is InChI=1S/C14H26N4/c1-3-14(2)12-17(8-4-6-16-14)9-5-10-18-11-7-15-13-18/h7,11,13,16H,3-6,8-10,12H2,1-2H3. The maximum absolute atomic E-state index is 4.08. The van der Waals surface area contributed by atoms with E-state index in [0.29, 0.717) is 5.54 Å². The highest BCUT2D eigenvalue weighted by atomic mass is 15.2. The third-order valence-electron chi connectivity index (χ3n) is 4.01. The second kappa shape index (κ2) is 6.34. The Kier molecular flexibility index (Phi) is 4.78. The predicted octanol–water partition coefficient (Wildman–Crippen LogP) is 1.74. The summed E-state index contributed by atoms with van der Waals surface area (Å²) in [5.74, 6) is 0. The van der Waals surface area contributed by atoms with Gasteiger partial charge in [0.25, 0.3) is 0 Å². The summed E-state index contributed by atoms with van der Waals surface area (Å²) in [6.07, 6.45) is 9.46. The van der Waals surface area contributed by atoms with Crippen LogP contribution in [0, 0.1) is 0 Å². The molecule has 1 fully saturated rings. The predicted molar refractivity (Wildman–Crippen MR) is 74.6 cm³/mol. The highest BCUT2D eigenvalue weighted by Gasteiger charge is 2.26. The minimum atomic E-state index is 0.297. The Bertz CT molecular complexity index is 336. The zero-order chi connectivity index (χ0) is 12.8. The Hall–Kier alpha value is -0.870. The molecule has 2 rings (SSSR count). The maximum Gasteiger partial charge on any atom is 0.0945 e. The monoisotopic (exact) mass is 250 g/mol. The Morgan fingerprint density at radius 2 is 2.28 bits per heavy atom. The summed E-state index contributed by atoms with van der Waals surface area (Å²) >= 11 is 0. The summed E-state index contributed by atoms with van der Waals surface area (Å²) in [5.41, 5.74) is 0.297. The summed E-state index contributed by atoms with van der Waals surface area (Å²) < 4.78 is 2.16. The van der Waals surface area contributed by atoms with Crippen LogP contribution in [0.4, 0.5) is 0 Å². The van der Waals surface area contributed by atoms with Crippen LogP contribution in [0.3, 0.4) is 0 Å². The number of rotatable bonds is 5. The van der Waals surface area contributed by atoms with Gasteiger partial charge >= 0.3 is 0 Å². The molecule has 1 aromatic heterocycles. The van der Waals surface area contributed by atoms with Crippen LogP contribution < -0.4 is 5.32 Å². The van der Waals surface area contributed by atoms with Crippen molar-refractivity contribution in [3.63, 3.8) is 0 Å². The molecule has 102 valence electrons. The van der Waals surface area contributed by atoms with Crippen LogP contribution in [-0.4, -0.2) is 46.2 Å². The first-order chi connectivity index (χ1) is 8.72. The van der Waals surface area contributed by atoms with Crippen LogP contribution in [0.1, 0.15) is 33.1 Å². The quantitative estimate of drug-likeness (QED) is 0.864. The van der Waals surface area contributed by atoms with Crippen molar-refractivity contribution in [1.82, 2.24) is 19.8 Å². The van der Waals surface area contributed by atoms with E-state index in [0.717, 1.165) is 13.1 Å². The van der Waals surface area contributed by atoms with Crippen LogP contribution >= 0.6 is 0 Å². The van der Waals surface area contributed by atoms with Crippen LogP contribution in [0.25, 0.3) is 0 Å². The van der Waals surface area contributed by atoms with E-state index in [9.17, 15) is 0 Å². The second-order valence-electron chi connectivity index (χ2n) is 5.62. The fraction of sp³-hybridized carbons (Fsp3) is 0.786. The molecule has 4 heteroatoms. The Labute approximate surface area is 110 Å². The van der Waals surface area contributed by atoms with Gasteiger partial charge in [-0.05, 0) is 45.8 Å². The molecule has 0 aromatic carbocycles. The highest BCUT2D eigenvalue weighted by Crippen LogP contribution is 2.15. The van der Waals surface area contributed by atoms with Crippen molar-refractivity contribution < 1.29 is 0 Å². The number of aromatic nitrogens is 2. The highest BCUT2D eigenvalue weighted by molar-refractivity contribution is 4.88. The van der Waals surface area contributed by atoms with Crippen LogP contribution in [0.5, 0.6) is 0 Å². The van der Waals surface area contributed by atoms with Gasteiger partial charge < -0.3 is 14.8 Å². The molecule has 0 radical (unpaired) electrons. The smallest absolute Gasteiger partial charge is 0.0945 e. The molecule has 0 spiro atoms. The van der Waals surface area contributed by atoms with Gasteiger partial charge in [-0.25, -0.2) is 4.98 Å². The topological polar surface area (TPSA) is 33.1 Å². The molecule has 1 N–H and O–H groups in total. The number of hydrogen-bond donors (Lipinski definition) is 1. The minimum absolute atomic E-state index is 0.297. The fourth-order valence-electron chi connectivity index (χ4n) is 2.64. The largest absolute Gasteiger partial charge is 0.337 e. The van der Waals surface area contributed by atoms with Gasteiger partial charge in [0.2, 0.25) is 0 Å². The number of imidazole rings is 1. The number of nitrogens with one attached hydrogen (secondary N) is 1. The molecule has 0 saturated carbocycles. The Balaban J connectivity index is 1.77. The van der Waals surface area contributed by atoms with Gasteiger partial charge in [0, 0.05) is 31.0 Å². The van der Waals surface area contributed by atoms with Gasteiger partial charge in [-0.15, -0.1) is 0 Å². The van der Waals surface area contributed by atoms with Crippen LogP contribution in [0.2, 0.25) is 0 Å². The lowest BCUT2D eigenvalue weighted by Crippen LogP contribution is -2.48. The molecule has 1 aliphatic rings. The van der Waals surface area contributed by atoms with E-state index in [-0.39, 0.29) is 0 Å². The molecule has 1 aliphatic heterocycles. The molecule has 0 amide bonds. The molecule has 0 bridgehead atoms. The van der Waals surface area contributed by atoms with E-state index in [1.54, 1.807) is 0 Å². The molecule has 1 saturated heterocycles. The van der Waals surface area contributed by atoms with E-state index in [1.807, 2.05) is 18.7 Å². The van der Waals surface area contributed by atoms with Crippen molar-refractivity contribution in [2.24, 2.45) is 0 Å². The van der Waals surface area contributed by atoms with E-state index in [4.69, 9.17) is 0 Å². The number of hydrogen-bond acceptors (Lipinski definition) is 3. The molecule has 4 nitrogen and oxygen atoms in total. The van der Waals surface area contributed by atoms with E-state index < -0.39 is 0 Å². The molecule has 1 unspecified atom stereocenters. The second-order valence-corrected chi connectivity index (χ2v) is 5.62. The summed E-state index contributed by atoms with van der Waals surface area (Å²) in [5, 5.41) is 3.68. The fourth-order valence-corrected chi connectivity index (χ4v) is 2.64. The normalized spacial score (nSPS) is 26.1. The van der Waals surface area contributed by atoms with E-state index in [1.165, 1.54) is 38.9 Å². The third-order valence-corrected chi connectivity index (χ3v) is 4.01. The molecule has 2 heterocycles. The van der Waals surface area contributed by atoms with Gasteiger partial charge in [-0.1, -0.05) is 6.92 Å². The van der Waals surface area contributed by atoms with E-state index in [2.05, 4.69) is 33.6 Å². The lowest BCUT2D eigenvalue weighted by molar-refractivity contribution is 0.210. The third kappa shape index (κ3) is 3.82. The van der Waals surface area contributed by atoms with Crippen molar-refractivity contribution >= 4 is 0 Å². The molecular weight excluding hydrogens is 224 g/mol. The van der Waals surface area contributed by atoms with Gasteiger partial charge in [0.05, 0.1) is 6.33 Å². The Morgan fingerprint density at radius 1 is 1.39 bits per heavy atom. The molecule has 18 heavy (non-hydrogen) atoms. The van der Waals surface area contributed by atoms with Gasteiger partial charge in [0.1, 0.15) is 0 Å². The molecular formula is C14H26N4. The average Bonchev–Trinajstić information content (AvgIpc) is 2.80. The van der Waals surface area contributed by atoms with Crippen molar-refractivity contribution in [1.29, 1.82) is 0 Å². The zero-order valence-corrected chi connectivity index (χ0v) is 11.7. The van der Waals surface area contributed by atoms with Crippen LogP contribution in [-0.2, 0) is 6.54 Å². The summed E-state index contributed by atoms with van der Waals surface area (Å²) in [7, 11) is 0. The maximum atomic E-state index is 4.08. The molecule has 1 atom stereocenters. The lowest BCUT2D eigenvalue weighted by atomic mass is 9.98. The first-order valence-corrected chi connectivity index (χ1v) is 7.15. The van der Waals surface area contributed by atoms with Crippen LogP contribution in [0.15, 0.2) is 18.7 Å². The van der Waals surface area contributed by atoms with Crippen molar-refractivity contribution in [2.75, 3.05) is 26.2 Å². The van der Waals surface area contributed by atoms with Gasteiger partial charge in [-0.3, -0.25) is 0 Å². The Morgan fingerprint density at radius 3 is 3.00 bits per heavy atom. The minimum Gasteiger partial charge on any atom is -0.337 e. The lowest BCUT2D eigenvalue weighted by Gasteiger charge is -2.32. The van der Waals surface area contributed by atoms with E-state index >= 15 is 0 Å². The molecule has 1 aromatic rings. The first kappa shape index (κ1) is 13.6. The van der Waals surface area contributed by atoms with Crippen molar-refractivity contribution in [3.8, 4) is 0 Å².